The van der Waals surface area contributed by atoms with Gasteiger partial charge in [-0.05, 0) is 23.1 Å². The quantitative estimate of drug-likeness (QED) is 0.825. The Morgan fingerprint density at radius 2 is 1.83 bits per heavy atom. The zero-order valence-corrected chi connectivity index (χ0v) is 9.86. The van der Waals surface area contributed by atoms with Gasteiger partial charge in [-0.25, -0.2) is 4.39 Å². The van der Waals surface area contributed by atoms with Gasteiger partial charge < -0.3 is 5.73 Å². The molecule has 0 aliphatic heterocycles. The molecule has 0 spiro atoms. The molecule has 18 heavy (non-hydrogen) atoms. The van der Waals surface area contributed by atoms with Crippen LogP contribution in [0.25, 0.3) is 0 Å². The van der Waals surface area contributed by atoms with E-state index in [1.807, 2.05) is 0 Å². The van der Waals surface area contributed by atoms with Gasteiger partial charge in [-0.3, -0.25) is 0 Å². The van der Waals surface area contributed by atoms with E-state index in [0.717, 1.165) is 6.07 Å². The van der Waals surface area contributed by atoms with Gasteiger partial charge in [0.1, 0.15) is 5.82 Å². The fraction of sp³-hybridized carbons (Fsp3) is 0.167. The highest BCUT2D eigenvalue weighted by molar-refractivity contribution is 7.10. The summed E-state index contributed by atoms with van der Waals surface area (Å²) in [6, 6.07) is 5.56. The first kappa shape index (κ1) is 13.0. The smallest absolute Gasteiger partial charge is 0.320 e. The van der Waals surface area contributed by atoms with Crippen molar-refractivity contribution in [1.82, 2.24) is 0 Å². The fourth-order valence-electron chi connectivity index (χ4n) is 1.72. The molecule has 0 bridgehead atoms. The predicted molar refractivity (Wildman–Crippen MR) is 61.8 cm³/mol. The minimum absolute atomic E-state index is 0.245. The molecule has 2 N–H and O–H groups in total. The van der Waals surface area contributed by atoms with Gasteiger partial charge in [-0.15, -0.1) is 11.3 Å². The van der Waals surface area contributed by atoms with E-state index in [0.29, 0.717) is 4.88 Å². The number of rotatable bonds is 2. The number of benzene rings is 1. The van der Waals surface area contributed by atoms with E-state index < -0.39 is 23.6 Å². The fourth-order valence-corrected chi connectivity index (χ4v) is 2.47. The van der Waals surface area contributed by atoms with Gasteiger partial charge in [0, 0.05) is 4.88 Å². The van der Waals surface area contributed by atoms with Crippen molar-refractivity contribution in [2.24, 2.45) is 5.73 Å². The molecule has 0 aliphatic carbocycles. The van der Waals surface area contributed by atoms with Crippen molar-refractivity contribution in [3.8, 4) is 0 Å². The van der Waals surface area contributed by atoms with Crippen molar-refractivity contribution >= 4 is 11.3 Å². The molecule has 0 saturated heterocycles. The molecular weight excluding hydrogens is 266 g/mol. The number of hydrogen-bond donors (Lipinski definition) is 1. The lowest BCUT2D eigenvalue weighted by Gasteiger charge is -2.17. The third-order valence-electron chi connectivity index (χ3n) is 2.51. The summed E-state index contributed by atoms with van der Waals surface area (Å²) < 4.78 is 51.8. The summed E-state index contributed by atoms with van der Waals surface area (Å²) in [7, 11) is 0. The Morgan fingerprint density at radius 3 is 2.39 bits per heavy atom. The van der Waals surface area contributed by atoms with E-state index in [1.54, 1.807) is 17.5 Å². The molecule has 1 heterocycles. The molecule has 0 amide bonds. The molecule has 1 atom stereocenters. The Kier molecular flexibility index (Phi) is 3.41. The maximum atomic E-state index is 13.4. The van der Waals surface area contributed by atoms with Crippen molar-refractivity contribution in [3.05, 3.63) is 57.5 Å². The number of thiophene rings is 1. The summed E-state index contributed by atoms with van der Waals surface area (Å²) in [5.74, 6) is -1.30. The Morgan fingerprint density at radius 1 is 1.11 bits per heavy atom. The minimum atomic E-state index is -4.75. The van der Waals surface area contributed by atoms with E-state index in [-0.39, 0.29) is 5.56 Å². The van der Waals surface area contributed by atoms with Gasteiger partial charge in [0.2, 0.25) is 0 Å². The Bertz CT molecular complexity index is 534. The highest BCUT2D eigenvalue weighted by Crippen LogP contribution is 2.38. The van der Waals surface area contributed by atoms with Crippen LogP contribution in [0, 0.1) is 5.82 Å². The van der Waals surface area contributed by atoms with Gasteiger partial charge >= 0.3 is 6.18 Å². The molecule has 1 nitrogen and oxygen atoms in total. The average molecular weight is 275 g/mol. The van der Waals surface area contributed by atoms with Gasteiger partial charge in [0.15, 0.2) is 0 Å². The van der Waals surface area contributed by atoms with Crippen molar-refractivity contribution < 1.29 is 17.6 Å². The number of alkyl halides is 3. The Hall–Kier alpha value is -1.40. The molecule has 1 aromatic heterocycles. The van der Waals surface area contributed by atoms with Crippen molar-refractivity contribution in [2.45, 2.75) is 12.2 Å². The lowest BCUT2D eigenvalue weighted by Crippen LogP contribution is -2.19. The van der Waals surface area contributed by atoms with E-state index >= 15 is 0 Å². The monoisotopic (exact) mass is 275 g/mol. The summed E-state index contributed by atoms with van der Waals surface area (Å²) in [5.41, 5.74) is 4.24. The lowest BCUT2D eigenvalue weighted by molar-refractivity contribution is -0.140. The zero-order valence-electron chi connectivity index (χ0n) is 9.04. The summed E-state index contributed by atoms with van der Waals surface area (Å²) in [4.78, 5) is 0.561. The third-order valence-corrected chi connectivity index (χ3v) is 3.47. The predicted octanol–water partition coefficient (Wildman–Crippen LogP) is 3.95. The number of halogens is 4. The molecule has 1 aromatic carbocycles. The molecular formula is C12H9F4NS. The SMILES string of the molecule is N[C@@H](c1cccs1)c1cccc(F)c1C(F)(F)F. The van der Waals surface area contributed by atoms with Crippen LogP contribution in [0.4, 0.5) is 17.6 Å². The molecule has 0 radical (unpaired) electrons. The lowest BCUT2D eigenvalue weighted by atomic mass is 9.99. The summed E-state index contributed by atoms with van der Waals surface area (Å²) in [5, 5.41) is 1.71. The highest BCUT2D eigenvalue weighted by atomic mass is 32.1. The number of nitrogens with two attached hydrogens (primary N) is 1. The average Bonchev–Trinajstić information content (AvgIpc) is 2.79. The highest BCUT2D eigenvalue weighted by Gasteiger charge is 2.38. The Balaban J connectivity index is 2.55. The molecule has 2 rings (SSSR count). The molecule has 0 unspecified atom stereocenters. The first-order valence-corrected chi connectivity index (χ1v) is 5.94. The normalized spacial score (nSPS) is 13.6. The van der Waals surface area contributed by atoms with Crippen molar-refractivity contribution in [1.29, 1.82) is 0 Å². The van der Waals surface area contributed by atoms with Crippen LogP contribution in [0.5, 0.6) is 0 Å². The van der Waals surface area contributed by atoms with E-state index in [2.05, 4.69) is 0 Å². The van der Waals surface area contributed by atoms with Gasteiger partial charge in [-0.1, -0.05) is 18.2 Å². The van der Waals surface area contributed by atoms with Crippen LogP contribution in [-0.2, 0) is 6.18 Å². The summed E-state index contributed by atoms with van der Waals surface area (Å²) in [6.45, 7) is 0. The standard InChI is InChI=1S/C12H9F4NS/c13-8-4-1-3-7(10(8)12(14,15)16)11(17)9-5-2-6-18-9/h1-6,11H,17H2/t11-/m1/s1. The second-order valence-corrected chi connectivity index (χ2v) is 4.67. The van der Waals surface area contributed by atoms with Crippen LogP contribution >= 0.6 is 11.3 Å². The molecule has 6 heteroatoms. The van der Waals surface area contributed by atoms with E-state index in [9.17, 15) is 17.6 Å². The van der Waals surface area contributed by atoms with Gasteiger partial charge in [0.25, 0.3) is 0 Å². The van der Waals surface area contributed by atoms with Crippen LogP contribution in [0.15, 0.2) is 35.7 Å². The van der Waals surface area contributed by atoms with Crippen LogP contribution in [-0.4, -0.2) is 0 Å². The first-order valence-electron chi connectivity index (χ1n) is 5.06. The van der Waals surface area contributed by atoms with Crippen LogP contribution in [0.1, 0.15) is 22.0 Å². The Labute approximate surface area is 105 Å². The molecule has 0 aliphatic rings. The first-order chi connectivity index (χ1) is 8.41. The van der Waals surface area contributed by atoms with Crippen LogP contribution in [0.2, 0.25) is 0 Å². The second kappa shape index (κ2) is 4.70. The summed E-state index contributed by atoms with van der Waals surface area (Å²) >= 11 is 1.24. The summed E-state index contributed by atoms with van der Waals surface area (Å²) in [6.07, 6.45) is -4.75. The molecule has 0 saturated carbocycles. The van der Waals surface area contributed by atoms with Crippen molar-refractivity contribution in [3.63, 3.8) is 0 Å². The number of hydrogen-bond acceptors (Lipinski definition) is 2. The van der Waals surface area contributed by atoms with Crippen molar-refractivity contribution in [2.75, 3.05) is 0 Å². The van der Waals surface area contributed by atoms with Gasteiger partial charge in [0.05, 0.1) is 11.6 Å². The minimum Gasteiger partial charge on any atom is -0.320 e. The topological polar surface area (TPSA) is 26.0 Å². The molecule has 0 fully saturated rings. The van der Waals surface area contributed by atoms with Gasteiger partial charge in [-0.2, -0.15) is 13.2 Å². The van der Waals surface area contributed by atoms with E-state index in [4.69, 9.17) is 5.73 Å². The maximum Gasteiger partial charge on any atom is 0.419 e. The largest absolute Gasteiger partial charge is 0.419 e. The maximum absolute atomic E-state index is 13.4. The second-order valence-electron chi connectivity index (χ2n) is 3.69. The molecule has 2 aromatic rings. The van der Waals surface area contributed by atoms with E-state index in [1.165, 1.54) is 23.5 Å². The van der Waals surface area contributed by atoms with Crippen LogP contribution < -0.4 is 5.73 Å². The van der Waals surface area contributed by atoms with Crippen LogP contribution in [0.3, 0.4) is 0 Å². The third kappa shape index (κ3) is 2.39. The zero-order chi connectivity index (χ0) is 13.3. The molecule has 96 valence electrons.